The van der Waals surface area contributed by atoms with Gasteiger partial charge in [0.15, 0.2) is 17.0 Å². The summed E-state index contributed by atoms with van der Waals surface area (Å²) in [6.07, 6.45) is 7.42. The minimum absolute atomic E-state index is 0.243. The quantitative estimate of drug-likeness (QED) is 0.773. The first-order valence-corrected chi connectivity index (χ1v) is 8.93. The van der Waals surface area contributed by atoms with E-state index in [2.05, 4.69) is 30.5 Å². The molecule has 136 valence electrons. The Morgan fingerprint density at radius 3 is 2.77 bits per heavy atom. The Balaban J connectivity index is 1.57. The molecule has 2 aromatic heterocycles. The molecule has 1 saturated carbocycles. The Bertz CT molecular complexity index is 917. The highest BCUT2D eigenvalue weighted by Gasteiger charge is 2.20. The zero-order valence-corrected chi connectivity index (χ0v) is 15.0. The van der Waals surface area contributed by atoms with Crippen LogP contribution < -0.4 is 10.2 Å². The average molecular weight is 355 g/mol. The van der Waals surface area contributed by atoms with Gasteiger partial charge in [-0.05, 0) is 31.0 Å². The van der Waals surface area contributed by atoms with Gasteiger partial charge in [-0.3, -0.25) is 0 Å². The molecule has 1 aliphatic carbocycles. The third-order valence-electron chi connectivity index (χ3n) is 5.10. The van der Waals surface area contributed by atoms with Gasteiger partial charge in [0.05, 0.1) is 5.69 Å². The maximum Gasteiger partial charge on any atom is 0.183 e. The zero-order valence-electron chi connectivity index (χ0n) is 15.0. The van der Waals surface area contributed by atoms with Crippen molar-refractivity contribution in [2.24, 2.45) is 7.05 Å². The van der Waals surface area contributed by atoms with Crippen molar-refractivity contribution in [1.82, 2.24) is 25.0 Å². The molecule has 1 aromatic carbocycles. The van der Waals surface area contributed by atoms with E-state index >= 15 is 0 Å². The van der Waals surface area contributed by atoms with E-state index in [0.717, 1.165) is 12.8 Å². The summed E-state index contributed by atoms with van der Waals surface area (Å²) in [5, 5.41) is 11.1. The first-order chi connectivity index (χ1) is 12.6. The summed E-state index contributed by atoms with van der Waals surface area (Å²) in [5.41, 5.74) is 2.43. The molecule has 0 amide bonds. The van der Waals surface area contributed by atoms with Gasteiger partial charge in [0.1, 0.15) is 12.1 Å². The van der Waals surface area contributed by atoms with E-state index in [4.69, 9.17) is 0 Å². The summed E-state index contributed by atoms with van der Waals surface area (Å²) in [7, 11) is 3.75. The molecule has 3 aromatic rings. The highest BCUT2D eigenvalue weighted by molar-refractivity contribution is 5.84. The van der Waals surface area contributed by atoms with Crippen LogP contribution in [0.3, 0.4) is 0 Å². The van der Waals surface area contributed by atoms with Crippen molar-refractivity contribution in [2.75, 3.05) is 17.3 Å². The van der Waals surface area contributed by atoms with Gasteiger partial charge in [-0.2, -0.15) is 0 Å². The third-order valence-corrected chi connectivity index (χ3v) is 5.10. The molecule has 0 radical (unpaired) electrons. The van der Waals surface area contributed by atoms with Gasteiger partial charge >= 0.3 is 0 Å². The fourth-order valence-corrected chi connectivity index (χ4v) is 3.62. The summed E-state index contributed by atoms with van der Waals surface area (Å²) >= 11 is 0. The maximum absolute atomic E-state index is 14.7. The number of aromatic nitrogens is 5. The second-order valence-electron chi connectivity index (χ2n) is 6.80. The Labute approximate surface area is 151 Å². The van der Waals surface area contributed by atoms with Crippen LogP contribution in [0.1, 0.15) is 32.1 Å². The molecule has 0 saturated heterocycles. The number of nitrogens with zero attached hydrogens (tertiary/aromatic N) is 6. The molecule has 0 spiro atoms. The fraction of sp³-hybridized carbons (Fsp3) is 0.444. The van der Waals surface area contributed by atoms with Crippen molar-refractivity contribution in [3.63, 3.8) is 0 Å². The monoisotopic (exact) mass is 355 g/mol. The number of halogens is 1. The number of hydrogen-bond donors (Lipinski definition) is 1. The van der Waals surface area contributed by atoms with Crippen LogP contribution in [0.15, 0.2) is 24.5 Å². The second-order valence-corrected chi connectivity index (χ2v) is 6.80. The Kier molecular flexibility index (Phi) is 4.40. The Hall–Kier alpha value is -2.77. The van der Waals surface area contributed by atoms with Gasteiger partial charge in [0.2, 0.25) is 0 Å². The number of aryl methyl sites for hydroxylation is 1. The molecule has 1 N–H and O–H groups in total. The third kappa shape index (κ3) is 3.07. The molecule has 1 aliphatic rings. The van der Waals surface area contributed by atoms with E-state index in [9.17, 15) is 4.39 Å². The first-order valence-electron chi connectivity index (χ1n) is 8.93. The lowest BCUT2D eigenvalue weighted by Crippen LogP contribution is -2.33. The number of nitrogens with one attached hydrogen (secondary N) is 1. The molecule has 7 nitrogen and oxygen atoms in total. The van der Waals surface area contributed by atoms with Crippen molar-refractivity contribution in [2.45, 2.75) is 38.1 Å². The van der Waals surface area contributed by atoms with E-state index in [0.29, 0.717) is 34.4 Å². The van der Waals surface area contributed by atoms with Crippen LogP contribution in [0, 0.1) is 5.82 Å². The maximum atomic E-state index is 14.7. The van der Waals surface area contributed by atoms with Gasteiger partial charge in [0, 0.05) is 25.8 Å². The molecule has 0 aliphatic heterocycles. The van der Waals surface area contributed by atoms with Crippen molar-refractivity contribution in [3.05, 3.63) is 30.3 Å². The molecule has 4 rings (SSSR count). The van der Waals surface area contributed by atoms with Gasteiger partial charge in [-0.1, -0.05) is 24.5 Å². The van der Waals surface area contributed by atoms with E-state index < -0.39 is 0 Å². The van der Waals surface area contributed by atoms with Crippen LogP contribution >= 0.6 is 0 Å². The minimum atomic E-state index is -0.243. The molecule has 2 heterocycles. The lowest BCUT2D eigenvalue weighted by atomic mass is 9.94. The van der Waals surface area contributed by atoms with Crippen LogP contribution in [-0.2, 0) is 7.05 Å². The van der Waals surface area contributed by atoms with Crippen molar-refractivity contribution in [1.29, 1.82) is 0 Å². The SMILES string of the molecule is CN(c1ccc(Nc2ncnc3c2nnn3C)cc1F)C1CCCCC1. The number of rotatable bonds is 4. The van der Waals surface area contributed by atoms with Crippen molar-refractivity contribution in [3.8, 4) is 0 Å². The number of anilines is 3. The molecular weight excluding hydrogens is 333 g/mol. The van der Waals surface area contributed by atoms with Crippen molar-refractivity contribution < 1.29 is 4.39 Å². The lowest BCUT2D eigenvalue weighted by molar-refractivity contribution is 0.424. The van der Waals surface area contributed by atoms with E-state index in [1.807, 2.05) is 19.2 Å². The van der Waals surface area contributed by atoms with Crippen LogP contribution in [0.5, 0.6) is 0 Å². The molecule has 26 heavy (non-hydrogen) atoms. The predicted octanol–water partition coefficient (Wildman–Crippen LogP) is 3.41. The normalized spacial score (nSPS) is 15.3. The van der Waals surface area contributed by atoms with Gasteiger partial charge in [0.25, 0.3) is 0 Å². The summed E-state index contributed by atoms with van der Waals surface area (Å²) in [6.45, 7) is 0. The van der Waals surface area contributed by atoms with Crippen molar-refractivity contribution >= 4 is 28.4 Å². The highest BCUT2D eigenvalue weighted by Crippen LogP contribution is 2.30. The van der Waals surface area contributed by atoms with Gasteiger partial charge in [-0.25, -0.2) is 19.0 Å². The van der Waals surface area contributed by atoms with Gasteiger partial charge < -0.3 is 10.2 Å². The number of hydrogen-bond acceptors (Lipinski definition) is 6. The van der Waals surface area contributed by atoms with Crippen LogP contribution in [-0.4, -0.2) is 38.1 Å². The molecule has 0 unspecified atom stereocenters. The standard InChI is InChI=1S/C18H22FN7/c1-25(13-6-4-3-5-7-13)15-9-8-12(10-14(15)19)22-17-16-18(21-11-20-17)26(2)24-23-16/h8-11,13H,3-7H2,1-2H3,(H,20,21,22). The van der Waals surface area contributed by atoms with Crippen LogP contribution in [0.2, 0.25) is 0 Å². The molecule has 0 atom stereocenters. The first kappa shape index (κ1) is 16.7. The summed E-state index contributed by atoms with van der Waals surface area (Å²) in [6, 6.07) is 5.60. The molecule has 1 fully saturated rings. The van der Waals surface area contributed by atoms with E-state index in [-0.39, 0.29) is 5.82 Å². The highest BCUT2D eigenvalue weighted by atomic mass is 19.1. The summed E-state index contributed by atoms with van der Waals surface area (Å²) < 4.78 is 16.3. The summed E-state index contributed by atoms with van der Waals surface area (Å²) in [4.78, 5) is 10.4. The van der Waals surface area contributed by atoms with E-state index in [1.165, 1.54) is 31.7 Å². The predicted molar refractivity (Wildman–Crippen MR) is 99.1 cm³/mol. The Morgan fingerprint density at radius 2 is 2.00 bits per heavy atom. The zero-order chi connectivity index (χ0) is 18.1. The molecular formula is C18H22FN7. The lowest BCUT2D eigenvalue weighted by Gasteiger charge is -2.33. The second kappa shape index (κ2) is 6.86. The topological polar surface area (TPSA) is 71.8 Å². The largest absolute Gasteiger partial charge is 0.369 e. The van der Waals surface area contributed by atoms with Crippen LogP contribution in [0.4, 0.5) is 21.6 Å². The minimum Gasteiger partial charge on any atom is -0.369 e. The van der Waals surface area contributed by atoms with E-state index in [1.54, 1.807) is 11.7 Å². The summed E-state index contributed by atoms with van der Waals surface area (Å²) in [5.74, 6) is 0.267. The number of benzene rings is 1. The van der Waals surface area contributed by atoms with Crippen LogP contribution in [0.25, 0.3) is 11.2 Å². The fourth-order valence-electron chi connectivity index (χ4n) is 3.62. The van der Waals surface area contributed by atoms with Gasteiger partial charge in [-0.15, -0.1) is 5.10 Å². The smallest absolute Gasteiger partial charge is 0.183 e. The average Bonchev–Trinajstić information content (AvgIpc) is 3.04. The Morgan fingerprint density at radius 1 is 1.19 bits per heavy atom. The number of fused-ring (bicyclic) bond motifs is 1. The molecule has 8 heteroatoms. The molecule has 0 bridgehead atoms.